The van der Waals surface area contributed by atoms with Crippen LogP contribution >= 0.6 is 0 Å². The maximum Gasteiger partial charge on any atom is 0.0619 e. The Kier molecular flexibility index (Phi) is 5.06. The molecular weight excluding hydrogens is 112 g/mol. The van der Waals surface area contributed by atoms with Crippen LogP contribution in [-0.4, -0.2) is 10.7 Å². The second kappa shape index (κ2) is 3.89. The zero-order chi connectivity index (χ0) is 5.33. The molecule has 1 N–H and O–H groups in total. The lowest BCUT2D eigenvalue weighted by Crippen LogP contribution is -2.17. The van der Waals surface area contributed by atoms with Gasteiger partial charge in [-0.1, -0.05) is 27.7 Å². The summed E-state index contributed by atoms with van der Waals surface area (Å²) in [6, 6.07) is 0. The minimum atomic E-state index is -0.306. The van der Waals surface area contributed by atoms with E-state index in [9.17, 15) is 5.11 Å². The van der Waals surface area contributed by atoms with Crippen molar-refractivity contribution >= 4 is 0 Å². The summed E-state index contributed by atoms with van der Waals surface area (Å²) in [6.07, 6.45) is 4.44. The molecule has 0 bridgehead atoms. The van der Waals surface area contributed by atoms with Crippen molar-refractivity contribution in [3.63, 3.8) is 0 Å². The summed E-state index contributed by atoms with van der Waals surface area (Å²) in [5.74, 6) is 0. The first-order chi connectivity index (χ1) is 3.21. The monoisotopic (exact) mass is 132 g/mol. The second-order valence-electron chi connectivity index (χ2n) is 2.70. The molecule has 0 atom stereocenters. The van der Waals surface area contributed by atoms with Crippen LogP contribution in [0.4, 0.5) is 0 Å². The van der Waals surface area contributed by atoms with Crippen molar-refractivity contribution in [1.29, 1.82) is 0 Å². The van der Waals surface area contributed by atoms with E-state index < -0.39 is 0 Å². The molecule has 1 heteroatoms. The van der Waals surface area contributed by atoms with Gasteiger partial charge in [-0.15, -0.1) is 0 Å². The Morgan fingerprint density at radius 3 is 1.56 bits per heavy atom. The van der Waals surface area contributed by atoms with E-state index in [1.807, 2.05) is 6.92 Å². The van der Waals surface area contributed by atoms with E-state index in [2.05, 4.69) is 0 Å². The van der Waals surface area contributed by atoms with Gasteiger partial charge in [0.25, 0.3) is 0 Å². The highest BCUT2D eigenvalue weighted by molar-refractivity contribution is 4.78. The van der Waals surface area contributed by atoms with Gasteiger partial charge in [0, 0.05) is 0 Å². The summed E-state index contributed by atoms with van der Waals surface area (Å²) < 4.78 is 0. The zero-order valence-corrected chi connectivity index (χ0v) is 4.78. The number of aliphatic hydroxyl groups is 1. The first kappa shape index (κ1) is 11.7. The van der Waals surface area contributed by atoms with Crippen LogP contribution in [0.15, 0.2) is 0 Å². The highest BCUT2D eigenvalue weighted by atomic mass is 16.3. The van der Waals surface area contributed by atoms with Gasteiger partial charge in [0.15, 0.2) is 0 Å². The molecule has 1 fully saturated rings. The van der Waals surface area contributed by atoms with Crippen LogP contribution in [0.25, 0.3) is 0 Å². The third-order valence-electron chi connectivity index (χ3n) is 1.68. The fourth-order valence-corrected chi connectivity index (χ4v) is 1.14. The number of hydrogen-bond acceptors (Lipinski definition) is 1. The standard InChI is InChI=1S/C6H12O.2CH4/c1-6(7)4-2-3-5-6;;/h7H,2-5H2,1H3;2*1H4. The second-order valence-corrected chi connectivity index (χ2v) is 2.70. The van der Waals surface area contributed by atoms with Crippen molar-refractivity contribution in [1.82, 2.24) is 0 Å². The van der Waals surface area contributed by atoms with Crippen LogP contribution < -0.4 is 0 Å². The van der Waals surface area contributed by atoms with Gasteiger partial charge in [0.1, 0.15) is 0 Å². The van der Waals surface area contributed by atoms with Crippen molar-refractivity contribution in [2.45, 2.75) is 53.1 Å². The van der Waals surface area contributed by atoms with Gasteiger partial charge in [-0.05, 0) is 19.8 Å². The van der Waals surface area contributed by atoms with Crippen LogP contribution in [0.1, 0.15) is 47.5 Å². The average molecular weight is 132 g/mol. The van der Waals surface area contributed by atoms with Crippen molar-refractivity contribution in [3.05, 3.63) is 0 Å². The molecule has 0 amide bonds. The third kappa shape index (κ3) is 3.52. The van der Waals surface area contributed by atoms with E-state index in [0.717, 1.165) is 12.8 Å². The van der Waals surface area contributed by atoms with Gasteiger partial charge < -0.3 is 5.11 Å². The Hall–Kier alpha value is -0.0400. The Balaban J connectivity index is 0. The summed E-state index contributed by atoms with van der Waals surface area (Å²) in [4.78, 5) is 0. The predicted molar refractivity (Wildman–Crippen MR) is 42.6 cm³/mol. The van der Waals surface area contributed by atoms with E-state index in [0.29, 0.717) is 0 Å². The summed E-state index contributed by atoms with van der Waals surface area (Å²) in [5.41, 5.74) is -0.306. The Labute approximate surface area is 59.1 Å². The zero-order valence-electron chi connectivity index (χ0n) is 4.78. The highest BCUT2D eigenvalue weighted by Gasteiger charge is 2.24. The Morgan fingerprint density at radius 1 is 1.11 bits per heavy atom. The minimum absolute atomic E-state index is 0. The van der Waals surface area contributed by atoms with Gasteiger partial charge in [0.2, 0.25) is 0 Å². The maximum atomic E-state index is 9.19. The fraction of sp³-hybridized carbons (Fsp3) is 1.00. The summed E-state index contributed by atoms with van der Waals surface area (Å²) >= 11 is 0. The molecule has 0 spiro atoms. The summed E-state index contributed by atoms with van der Waals surface area (Å²) in [6.45, 7) is 1.92. The molecule has 1 rings (SSSR count). The molecule has 9 heavy (non-hydrogen) atoms. The minimum Gasteiger partial charge on any atom is -0.390 e. The topological polar surface area (TPSA) is 20.2 Å². The van der Waals surface area contributed by atoms with Crippen LogP contribution in [0, 0.1) is 0 Å². The molecule has 0 radical (unpaired) electrons. The lowest BCUT2D eigenvalue weighted by atomic mass is 10.1. The van der Waals surface area contributed by atoms with Gasteiger partial charge in [-0.25, -0.2) is 0 Å². The third-order valence-corrected chi connectivity index (χ3v) is 1.68. The number of hydrogen-bond donors (Lipinski definition) is 1. The van der Waals surface area contributed by atoms with Gasteiger partial charge >= 0.3 is 0 Å². The SMILES string of the molecule is C.C.CC1(O)CCCC1. The quantitative estimate of drug-likeness (QED) is 0.537. The normalized spacial score (nSPS) is 22.0. The van der Waals surface area contributed by atoms with Gasteiger partial charge in [0.05, 0.1) is 5.60 Å². The Morgan fingerprint density at radius 2 is 1.44 bits per heavy atom. The predicted octanol–water partition coefficient (Wildman–Crippen LogP) is 2.58. The first-order valence-electron chi connectivity index (χ1n) is 2.93. The molecule has 1 aliphatic carbocycles. The van der Waals surface area contributed by atoms with E-state index >= 15 is 0 Å². The van der Waals surface area contributed by atoms with E-state index in [4.69, 9.17) is 0 Å². The molecule has 0 aromatic heterocycles. The van der Waals surface area contributed by atoms with Gasteiger partial charge in [-0.3, -0.25) is 0 Å². The molecule has 1 saturated carbocycles. The van der Waals surface area contributed by atoms with Crippen molar-refractivity contribution in [3.8, 4) is 0 Å². The van der Waals surface area contributed by atoms with Crippen molar-refractivity contribution in [2.75, 3.05) is 0 Å². The largest absolute Gasteiger partial charge is 0.390 e. The molecule has 0 unspecified atom stereocenters. The maximum absolute atomic E-state index is 9.19. The van der Waals surface area contributed by atoms with Gasteiger partial charge in [-0.2, -0.15) is 0 Å². The summed E-state index contributed by atoms with van der Waals surface area (Å²) in [7, 11) is 0. The molecule has 1 aliphatic rings. The van der Waals surface area contributed by atoms with E-state index in [-0.39, 0.29) is 20.5 Å². The molecule has 0 aromatic rings. The highest BCUT2D eigenvalue weighted by Crippen LogP contribution is 2.27. The average Bonchev–Trinajstić information content (AvgIpc) is 1.84. The molecule has 1 nitrogen and oxygen atoms in total. The number of rotatable bonds is 0. The van der Waals surface area contributed by atoms with Crippen LogP contribution in [0.2, 0.25) is 0 Å². The lowest BCUT2D eigenvalue weighted by Gasteiger charge is -2.12. The molecule has 0 aliphatic heterocycles. The lowest BCUT2D eigenvalue weighted by molar-refractivity contribution is 0.0681. The van der Waals surface area contributed by atoms with E-state index in [1.54, 1.807) is 0 Å². The van der Waals surface area contributed by atoms with Crippen molar-refractivity contribution in [2.24, 2.45) is 0 Å². The Bertz CT molecular complexity index is 59.0. The molecule has 0 heterocycles. The molecule has 0 saturated heterocycles. The van der Waals surface area contributed by atoms with Crippen LogP contribution in [0.5, 0.6) is 0 Å². The molecule has 58 valence electrons. The smallest absolute Gasteiger partial charge is 0.0619 e. The van der Waals surface area contributed by atoms with Crippen molar-refractivity contribution < 1.29 is 5.11 Å². The summed E-state index contributed by atoms with van der Waals surface area (Å²) in [5, 5.41) is 9.19. The first-order valence-corrected chi connectivity index (χ1v) is 2.93. The fourth-order valence-electron chi connectivity index (χ4n) is 1.14. The molecular formula is C8H20O. The van der Waals surface area contributed by atoms with Crippen LogP contribution in [0.3, 0.4) is 0 Å². The van der Waals surface area contributed by atoms with E-state index in [1.165, 1.54) is 12.8 Å². The molecule has 0 aromatic carbocycles. The van der Waals surface area contributed by atoms with Crippen LogP contribution in [-0.2, 0) is 0 Å².